The Morgan fingerprint density at radius 3 is 2.90 bits per heavy atom. The van der Waals surface area contributed by atoms with Crippen molar-refractivity contribution in [3.05, 3.63) is 35.1 Å². The predicted molar refractivity (Wildman–Crippen MR) is 88.1 cm³/mol. The van der Waals surface area contributed by atoms with Gasteiger partial charge in [-0.15, -0.1) is 0 Å². The van der Waals surface area contributed by atoms with Gasteiger partial charge in [0.1, 0.15) is 5.82 Å². The molecule has 1 saturated carbocycles. The van der Waals surface area contributed by atoms with Crippen molar-refractivity contribution in [1.82, 2.24) is 10.2 Å². The third-order valence-electron chi connectivity index (χ3n) is 4.67. The summed E-state index contributed by atoms with van der Waals surface area (Å²) in [6.07, 6.45) is 2.57. The van der Waals surface area contributed by atoms with Gasteiger partial charge in [0.25, 0.3) is 0 Å². The van der Waals surface area contributed by atoms with Crippen LogP contribution in [0.2, 0.25) is 0 Å². The molecule has 2 fully saturated rings. The maximum absolute atomic E-state index is 14.1. The van der Waals surface area contributed by atoms with E-state index in [1.165, 1.54) is 18.4 Å². The maximum Gasteiger partial charge on any atom is 0.127 e. The molecule has 21 heavy (non-hydrogen) atoms. The summed E-state index contributed by atoms with van der Waals surface area (Å²) in [5, 5.41) is 4.13. The first-order chi connectivity index (χ1) is 10.1. The molecule has 2 aliphatic rings. The second-order valence-electron chi connectivity index (χ2n) is 6.37. The fourth-order valence-electron chi connectivity index (χ4n) is 2.85. The Morgan fingerprint density at radius 2 is 2.14 bits per heavy atom. The molecule has 1 N–H and O–H groups in total. The largest absolute Gasteiger partial charge is 0.310 e. The van der Waals surface area contributed by atoms with Crippen LogP contribution in [0.4, 0.5) is 4.39 Å². The molecule has 2 nitrogen and oxygen atoms in total. The van der Waals surface area contributed by atoms with E-state index in [1.54, 1.807) is 6.07 Å². The van der Waals surface area contributed by atoms with Crippen LogP contribution in [0.1, 0.15) is 37.8 Å². The van der Waals surface area contributed by atoms with Crippen molar-refractivity contribution in [2.45, 2.75) is 57.1 Å². The Bertz CT molecular complexity index is 490. The molecule has 0 bridgehead atoms. The quantitative estimate of drug-likeness (QED) is 0.897. The fraction of sp³-hybridized carbons (Fsp3) is 0.647. The summed E-state index contributed by atoms with van der Waals surface area (Å²) in [7, 11) is 0. The molecule has 0 radical (unpaired) electrons. The van der Waals surface area contributed by atoms with Crippen LogP contribution >= 0.6 is 11.8 Å². The molecule has 2 unspecified atom stereocenters. The number of thioether (sulfide) groups is 1. The summed E-state index contributed by atoms with van der Waals surface area (Å²) in [5.74, 6) is 1.08. The zero-order chi connectivity index (χ0) is 14.8. The Labute approximate surface area is 131 Å². The number of hydrogen-bond donors (Lipinski definition) is 1. The summed E-state index contributed by atoms with van der Waals surface area (Å²) in [6, 6.07) is 6.79. The molecular weight excluding hydrogens is 283 g/mol. The fourth-order valence-corrected chi connectivity index (χ4v) is 4.01. The second kappa shape index (κ2) is 6.67. The molecule has 1 aliphatic carbocycles. The van der Waals surface area contributed by atoms with Gasteiger partial charge >= 0.3 is 0 Å². The van der Waals surface area contributed by atoms with E-state index in [9.17, 15) is 4.39 Å². The van der Waals surface area contributed by atoms with Gasteiger partial charge in [0.2, 0.25) is 0 Å². The molecule has 1 aromatic carbocycles. The summed E-state index contributed by atoms with van der Waals surface area (Å²) in [5.41, 5.74) is 2.04. The highest BCUT2D eigenvalue weighted by molar-refractivity contribution is 8.00. The zero-order valence-corrected chi connectivity index (χ0v) is 13.8. The lowest BCUT2D eigenvalue weighted by molar-refractivity contribution is 0.202. The van der Waals surface area contributed by atoms with E-state index in [4.69, 9.17) is 0 Å². The van der Waals surface area contributed by atoms with Gasteiger partial charge in [0, 0.05) is 48.3 Å². The molecule has 3 rings (SSSR count). The van der Waals surface area contributed by atoms with Crippen LogP contribution in [0.3, 0.4) is 0 Å². The van der Waals surface area contributed by atoms with Crippen LogP contribution in [0.15, 0.2) is 18.2 Å². The third-order valence-corrected chi connectivity index (χ3v) is 6.01. The topological polar surface area (TPSA) is 15.3 Å². The number of nitrogens with one attached hydrogen (secondary N) is 1. The average molecular weight is 308 g/mol. The number of nitrogens with zero attached hydrogens (tertiary/aromatic N) is 1. The number of benzene rings is 1. The normalized spacial score (nSPS) is 27.0. The van der Waals surface area contributed by atoms with E-state index in [-0.39, 0.29) is 5.82 Å². The van der Waals surface area contributed by atoms with E-state index in [0.29, 0.717) is 17.3 Å². The number of hydrogen-bond acceptors (Lipinski definition) is 3. The van der Waals surface area contributed by atoms with Gasteiger partial charge < -0.3 is 5.32 Å². The van der Waals surface area contributed by atoms with Crippen LogP contribution in [-0.4, -0.2) is 34.5 Å². The van der Waals surface area contributed by atoms with E-state index in [0.717, 1.165) is 31.0 Å². The SMILES string of the molecule is CC1SCCN(Cc2cc(CNC3CC3)ccc2F)C1C. The van der Waals surface area contributed by atoms with E-state index in [1.807, 2.05) is 23.9 Å². The smallest absolute Gasteiger partial charge is 0.127 e. The molecule has 116 valence electrons. The van der Waals surface area contributed by atoms with Crippen molar-refractivity contribution in [2.75, 3.05) is 12.3 Å². The maximum atomic E-state index is 14.1. The van der Waals surface area contributed by atoms with Crippen molar-refractivity contribution < 1.29 is 4.39 Å². The minimum absolute atomic E-state index is 0.0664. The molecule has 0 aromatic heterocycles. The Balaban J connectivity index is 1.66. The summed E-state index contributed by atoms with van der Waals surface area (Å²) in [6.45, 7) is 7.18. The summed E-state index contributed by atoms with van der Waals surface area (Å²) in [4.78, 5) is 2.41. The van der Waals surface area contributed by atoms with E-state index >= 15 is 0 Å². The van der Waals surface area contributed by atoms with Gasteiger partial charge in [0.05, 0.1) is 0 Å². The van der Waals surface area contributed by atoms with Crippen molar-refractivity contribution in [1.29, 1.82) is 0 Å². The standard InChI is InChI=1S/C17H25FN2S/c1-12-13(2)21-8-7-20(12)11-15-9-14(3-6-17(15)18)10-19-16-4-5-16/h3,6,9,12-13,16,19H,4-5,7-8,10-11H2,1-2H3. The van der Waals surface area contributed by atoms with Crippen LogP contribution in [0.5, 0.6) is 0 Å². The van der Waals surface area contributed by atoms with Crippen LogP contribution in [0, 0.1) is 5.82 Å². The highest BCUT2D eigenvalue weighted by Gasteiger charge is 2.26. The monoisotopic (exact) mass is 308 g/mol. The van der Waals surface area contributed by atoms with E-state index < -0.39 is 0 Å². The van der Waals surface area contributed by atoms with Gasteiger partial charge in [-0.05, 0) is 31.4 Å². The minimum atomic E-state index is -0.0664. The van der Waals surface area contributed by atoms with Gasteiger partial charge in [-0.25, -0.2) is 4.39 Å². The van der Waals surface area contributed by atoms with Gasteiger partial charge in [0.15, 0.2) is 0 Å². The average Bonchev–Trinajstić information content (AvgIpc) is 3.29. The summed E-state index contributed by atoms with van der Waals surface area (Å²) >= 11 is 2.02. The molecule has 1 saturated heterocycles. The molecular formula is C17H25FN2S. The van der Waals surface area contributed by atoms with Gasteiger partial charge in [-0.1, -0.05) is 19.1 Å². The van der Waals surface area contributed by atoms with Gasteiger partial charge in [-0.2, -0.15) is 11.8 Å². The van der Waals surface area contributed by atoms with Gasteiger partial charge in [-0.3, -0.25) is 4.90 Å². The molecule has 4 heteroatoms. The lowest BCUT2D eigenvalue weighted by Crippen LogP contribution is -2.44. The Morgan fingerprint density at radius 1 is 1.33 bits per heavy atom. The van der Waals surface area contributed by atoms with Crippen LogP contribution < -0.4 is 5.32 Å². The highest BCUT2D eigenvalue weighted by Crippen LogP contribution is 2.26. The number of rotatable bonds is 5. The molecule has 1 aliphatic heterocycles. The van der Waals surface area contributed by atoms with E-state index in [2.05, 4.69) is 24.1 Å². The van der Waals surface area contributed by atoms with Crippen LogP contribution in [-0.2, 0) is 13.1 Å². The van der Waals surface area contributed by atoms with Crippen molar-refractivity contribution in [3.8, 4) is 0 Å². The van der Waals surface area contributed by atoms with Crippen molar-refractivity contribution >= 4 is 11.8 Å². The Hall–Kier alpha value is -0.580. The molecule has 1 heterocycles. The summed E-state index contributed by atoms with van der Waals surface area (Å²) < 4.78 is 14.1. The first-order valence-corrected chi connectivity index (χ1v) is 9.04. The lowest BCUT2D eigenvalue weighted by Gasteiger charge is -2.37. The number of halogens is 1. The lowest BCUT2D eigenvalue weighted by atomic mass is 10.1. The molecule has 0 amide bonds. The van der Waals surface area contributed by atoms with Crippen molar-refractivity contribution in [2.24, 2.45) is 0 Å². The molecule has 1 aromatic rings. The minimum Gasteiger partial charge on any atom is -0.310 e. The zero-order valence-electron chi connectivity index (χ0n) is 12.9. The Kier molecular flexibility index (Phi) is 4.87. The first-order valence-electron chi connectivity index (χ1n) is 8.00. The predicted octanol–water partition coefficient (Wildman–Crippen LogP) is 3.40. The molecule has 0 spiro atoms. The van der Waals surface area contributed by atoms with Crippen LogP contribution in [0.25, 0.3) is 0 Å². The third kappa shape index (κ3) is 3.99. The van der Waals surface area contributed by atoms with Crippen molar-refractivity contribution in [3.63, 3.8) is 0 Å². The second-order valence-corrected chi connectivity index (χ2v) is 7.85. The molecule has 2 atom stereocenters. The highest BCUT2D eigenvalue weighted by atomic mass is 32.2. The first kappa shape index (κ1) is 15.3.